The van der Waals surface area contributed by atoms with Gasteiger partial charge < -0.3 is 20.1 Å². The summed E-state index contributed by atoms with van der Waals surface area (Å²) in [6.45, 7) is 5.22. The minimum Gasteiger partial charge on any atom is -0.486 e. The second-order valence-electron chi connectivity index (χ2n) is 5.81. The molecule has 2 N–H and O–H groups in total. The number of urea groups is 1. The number of rotatable bonds is 4. The molecule has 1 aromatic carbocycles. The molecule has 0 bridgehead atoms. The first-order chi connectivity index (χ1) is 11.5. The number of halogens is 1. The summed E-state index contributed by atoms with van der Waals surface area (Å²) in [6.07, 6.45) is 0. The highest BCUT2D eigenvalue weighted by molar-refractivity contribution is 9.10. The Balaban J connectivity index is 1.72. The standard InChI is InChI=1S/C17H19BrN2O3S/c1-10(2)16(15-4-3-7-24-15)20-17(21)19-12-9-14-13(8-11(12)18)22-5-6-23-14/h3-4,7-10,16H,5-6H2,1-2H3,(H2,19,20,21)/t16-/m0/s1. The Morgan fingerprint density at radius 2 is 1.96 bits per heavy atom. The van der Waals surface area contributed by atoms with Crippen molar-refractivity contribution < 1.29 is 14.3 Å². The monoisotopic (exact) mass is 410 g/mol. The number of carbonyl (C=O) groups excluding carboxylic acids is 1. The Labute approximate surface area is 153 Å². The van der Waals surface area contributed by atoms with E-state index in [9.17, 15) is 4.79 Å². The van der Waals surface area contributed by atoms with Crippen LogP contribution >= 0.6 is 27.3 Å². The van der Waals surface area contributed by atoms with Crippen LogP contribution in [0.1, 0.15) is 24.8 Å². The quantitative estimate of drug-likeness (QED) is 0.760. The van der Waals surface area contributed by atoms with Crippen molar-refractivity contribution in [1.29, 1.82) is 0 Å². The highest BCUT2D eigenvalue weighted by Crippen LogP contribution is 2.38. The Hall–Kier alpha value is -1.73. The fourth-order valence-corrected chi connectivity index (χ4v) is 3.86. The largest absolute Gasteiger partial charge is 0.486 e. The molecule has 3 rings (SSSR count). The molecule has 128 valence electrons. The van der Waals surface area contributed by atoms with Crippen LogP contribution < -0.4 is 20.1 Å². The van der Waals surface area contributed by atoms with Crippen LogP contribution in [0, 0.1) is 5.92 Å². The highest BCUT2D eigenvalue weighted by Gasteiger charge is 2.21. The molecule has 7 heteroatoms. The van der Waals surface area contributed by atoms with E-state index in [1.165, 1.54) is 0 Å². The molecule has 0 radical (unpaired) electrons. The Morgan fingerprint density at radius 1 is 1.25 bits per heavy atom. The van der Waals surface area contributed by atoms with E-state index in [0.717, 1.165) is 9.35 Å². The molecule has 0 aliphatic carbocycles. The average molecular weight is 411 g/mol. The molecule has 0 saturated heterocycles. The molecule has 0 saturated carbocycles. The predicted octanol–water partition coefficient (Wildman–Crippen LogP) is 4.80. The number of thiophene rings is 1. The first-order valence-corrected chi connectivity index (χ1v) is 9.42. The van der Waals surface area contributed by atoms with E-state index in [2.05, 4.69) is 40.4 Å². The van der Waals surface area contributed by atoms with Gasteiger partial charge in [-0.1, -0.05) is 19.9 Å². The lowest BCUT2D eigenvalue weighted by Gasteiger charge is -2.23. The topological polar surface area (TPSA) is 59.6 Å². The molecule has 1 aromatic heterocycles. The molecule has 0 fully saturated rings. The Morgan fingerprint density at radius 3 is 2.58 bits per heavy atom. The van der Waals surface area contributed by atoms with Gasteiger partial charge in [-0.15, -0.1) is 11.3 Å². The number of amides is 2. The zero-order valence-corrected chi connectivity index (χ0v) is 15.9. The van der Waals surface area contributed by atoms with E-state index in [0.29, 0.717) is 30.4 Å². The van der Waals surface area contributed by atoms with Crippen LogP contribution in [0.3, 0.4) is 0 Å². The molecule has 0 spiro atoms. The summed E-state index contributed by atoms with van der Waals surface area (Å²) in [5.41, 5.74) is 0.644. The first kappa shape index (κ1) is 17.1. The van der Waals surface area contributed by atoms with Gasteiger partial charge in [-0.25, -0.2) is 4.79 Å². The zero-order valence-electron chi connectivity index (χ0n) is 13.5. The summed E-state index contributed by atoms with van der Waals surface area (Å²) >= 11 is 5.10. The van der Waals surface area contributed by atoms with Crippen molar-refractivity contribution in [3.63, 3.8) is 0 Å². The summed E-state index contributed by atoms with van der Waals surface area (Å²) < 4.78 is 11.8. The number of hydrogen-bond donors (Lipinski definition) is 2. The maximum atomic E-state index is 12.4. The fourth-order valence-electron chi connectivity index (χ4n) is 2.49. The van der Waals surface area contributed by atoms with Crippen molar-refractivity contribution in [1.82, 2.24) is 5.32 Å². The first-order valence-electron chi connectivity index (χ1n) is 7.74. The number of ether oxygens (including phenoxy) is 2. The van der Waals surface area contributed by atoms with Crippen molar-refractivity contribution in [3.05, 3.63) is 39.0 Å². The van der Waals surface area contributed by atoms with Crippen LogP contribution in [0.15, 0.2) is 34.1 Å². The van der Waals surface area contributed by atoms with E-state index in [1.54, 1.807) is 17.4 Å². The number of hydrogen-bond acceptors (Lipinski definition) is 4. The molecule has 1 aliphatic heterocycles. The summed E-state index contributed by atoms with van der Waals surface area (Å²) in [5.74, 6) is 1.61. The van der Waals surface area contributed by atoms with Gasteiger partial charge in [0, 0.05) is 21.5 Å². The number of anilines is 1. The maximum Gasteiger partial charge on any atom is 0.319 e. The summed E-state index contributed by atoms with van der Waals surface area (Å²) in [4.78, 5) is 13.6. The number of carbonyl (C=O) groups is 1. The van der Waals surface area contributed by atoms with Gasteiger partial charge in [-0.3, -0.25) is 0 Å². The molecule has 24 heavy (non-hydrogen) atoms. The minimum absolute atomic E-state index is 0.0269. The lowest BCUT2D eigenvalue weighted by molar-refractivity contribution is 0.171. The van der Waals surface area contributed by atoms with E-state index in [-0.39, 0.29) is 18.0 Å². The summed E-state index contributed by atoms with van der Waals surface area (Å²) in [7, 11) is 0. The lowest BCUT2D eigenvalue weighted by atomic mass is 10.0. The molecule has 0 unspecified atom stereocenters. The Kier molecular flexibility index (Phi) is 5.30. The van der Waals surface area contributed by atoms with Gasteiger partial charge in [0.2, 0.25) is 0 Å². The minimum atomic E-state index is -0.250. The third-order valence-electron chi connectivity index (χ3n) is 3.68. The molecule has 1 atom stereocenters. The zero-order chi connectivity index (χ0) is 17.1. The summed E-state index contributed by atoms with van der Waals surface area (Å²) in [5, 5.41) is 7.94. The van der Waals surface area contributed by atoms with E-state index < -0.39 is 0 Å². The smallest absolute Gasteiger partial charge is 0.319 e. The highest BCUT2D eigenvalue weighted by atomic mass is 79.9. The third kappa shape index (κ3) is 3.84. The molecule has 5 nitrogen and oxygen atoms in total. The maximum absolute atomic E-state index is 12.4. The number of fused-ring (bicyclic) bond motifs is 1. The molecule has 2 heterocycles. The molecule has 2 aromatic rings. The molecule has 2 amide bonds. The van der Waals surface area contributed by atoms with E-state index in [4.69, 9.17) is 9.47 Å². The van der Waals surface area contributed by atoms with E-state index in [1.807, 2.05) is 23.6 Å². The fraction of sp³-hybridized carbons (Fsp3) is 0.353. The molecular formula is C17H19BrN2O3S. The van der Waals surface area contributed by atoms with Gasteiger partial charge in [-0.05, 0) is 33.3 Å². The van der Waals surface area contributed by atoms with Crippen molar-refractivity contribution in [2.75, 3.05) is 18.5 Å². The van der Waals surface area contributed by atoms with E-state index >= 15 is 0 Å². The van der Waals surface area contributed by atoms with Gasteiger partial charge in [0.1, 0.15) is 13.2 Å². The normalized spacial score (nSPS) is 14.3. The van der Waals surface area contributed by atoms with Crippen LogP contribution in [0.5, 0.6) is 11.5 Å². The van der Waals surface area contributed by atoms with Gasteiger partial charge >= 0.3 is 6.03 Å². The van der Waals surface area contributed by atoms with Gasteiger partial charge in [0.25, 0.3) is 0 Å². The SMILES string of the molecule is CC(C)[C@H](NC(=O)Nc1cc2c(cc1Br)OCCO2)c1cccs1. The summed E-state index contributed by atoms with van der Waals surface area (Å²) in [6, 6.07) is 7.33. The second kappa shape index (κ2) is 7.44. The van der Waals surface area contributed by atoms with Gasteiger partial charge in [0.15, 0.2) is 11.5 Å². The van der Waals surface area contributed by atoms with Crippen LogP contribution in [-0.2, 0) is 0 Å². The van der Waals surface area contributed by atoms with Gasteiger partial charge in [0.05, 0.1) is 11.7 Å². The molecule has 1 aliphatic rings. The molecular weight excluding hydrogens is 392 g/mol. The van der Waals surface area contributed by atoms with Crippen LogP contribution in [0.4, 0.5) is 10.5 Å². The van der Waals surface area contributed by atoms with Crippen LogP contribution in [-0.4, -0.2) is 19.2 Å². The predicted molar refractivity (Wildman–Crippen MR) is 99.2 cm³/mol. The van der Waals surface area contributed by atoms with Crippen molar-refractivity contribution in [3.8, 4) is 11.5 Å². The van der Waals surface area contributed by atoms with Crippen molar-refractivity contribution >= 4 is 39.0 Å². The van der Waals surface area contributed by atoms with Gasteiger partial charge in [-0.2, -0.15) is 0 Å². The number of nitrogens with one attached hydrogen (secondary N) is 2. The van der Waals surface area contributed by atoms with Crippen molar-refractivity contribution in [2.45, 2.75) is 19.9 Å². The van der Waals surface area contributed by atoms with Crippen LogP contribution in [0.2, 0.25) is 0 Å². The second-order valence-corrected chi connectivity index (χ2v) is 7.64. The lowest BCUT2D eigenvalue weighted by Crippen LogP contribution is -2.34. The van der Waals surface area contributed by atoms with Crippen LogP contribution in [0.25, 0.3) is 0 Å². The third-order valence-corrected chi connectivity index (χ3v) is 5.29. The number of benzene rings is 1. The Bertz CT molecular complexity index is 719. The average Bonchev–Trinajstić information content (AvgIpc) is 3.07. The van der Waals surface area contributed by atoms with Crippen molar-refractivity contribution in [2.24, 2.45) is 5.92 Å².